The molecule has 0 aliphatic heterocycles. The van der Waals surface area contributed by atoms with Gasteiger partial charge in [0.2, 0.25) is 4.77 Å². The zero-order valence-electron chi connectivity index (χ0n) is 12.9. The van der Waals surface area contributed by atoms with Crippen molar-refractivity contribution in [2.75, 3.05) is 7.05 Å². The molecule has 8 heteroatoms. The summed E-state index contributed by atoms with van der Waals surface area (Å²) >= 11 is 5.38. The number of para-hydroxylation sites is 1. The quantitative estimate of drug-likeness (QED) is 0.665. The third-order valence-electron chi connectivity index (χ3n) is 3.47. The van der Waals surface area contributed by atoms with E-state index in [2.05, 4.69) is 10.4 Å². The molecule has 24 heavy (non-hydrogen) atoms. The van der Waals surface area contributed by atoms with Crippen LogP contribution in [0.2, 0.25) is 0 Å². The van der Waals surface area contributed by atoms with Gasteiger partial charge in [0.1, 0.15) is 11.6 Å². The molecule has 3 aromatic rings. The maximum Gasteiger partial charge on any atom is 0.221 e. The van der Waals surface area contributed by atoms with Gasteiger partial charge in [-0.15, -0.1) is 0 Å². The summed E-state index contributed by atoms with van der Waals surface area (Å²) in [5.41, 5.74) is 1.22. The highest BCUT2D eigenvalue weighted by Gasteiger charge is 2.10. The first-order valence-electron chi connectivity index (χ1n) is 7.25. The minimum Gasteiger partial charge on any atom is -0.283 e. The molecule has 0 saturated heterocycles. The number of halogens is 2. The van der Waals surface area contributed by atoms with E-state index in [1.807, 2.05) is 35.2 Å². The predicted octanol–water partition coefficient (Wildman–Crippen LogP) is 3.17. The Balaban J connectivity index is 1.74. The predicted molar refractivity (Wildman–Crippen MR) is 88.0 cm³/mol. The van der Waals surface area contributed by atoms with Crippen LogP contribution in [0.15, 0.2) is 48.5 Å². The largest absolute Gasteiger partial charge is 0.283 e. The van der Waals surface area contributed by atoms with Crippen molar-refractivity contribution in [2.24, 2.45) is 0 Å². The van der Waals surface area contributed by atoms with Crippen LogP contribution in [-0.4, -0.2) is 31.7 Å². The van der Waals surface area contributed by atoms with Crippen LogP contribution in [0.3, 0.4) is 0 Å². The van der Waals surface area contributed by atoms with E-state index in [0.29, 0.717) is 23.5 Å². The Kier molecular flexibility index (Phi) is 4.77. The topological polar surface area (TPSA) is 38.9 Å². The lowest BCUT2D eigenvalue weighted by Gasteiger charge is -2.16. The Morgan fingerprint density at radius 1 is 1.08 bits per heavy atom. The molecule has 0 unspecified atom stereocenters. The molecule has 0 aliphatic carbocycles. The number of hydrogen-bond donors (Lipinski definition) is 0. The Morgan fingerprint density at radius 3 is 2.54 bits per heavy atom. The van der Waals surface area contributed by atoms with Crippen molar-refractivity contribution in [2.45, 2.75) is 13.2 Å². The number of benzene rings is 2. The minimum absolute atomic E-state index is 0.298. The molecule has 0 bridgehead atoms. The molecule has 124 valence electrons. The van der Waals surface area contributed by atoms with Gasteiger partial charge in [0.25, 0.3) is 0 Å². The van der Waals surface area contributed by atoms with E-state index in [4.69, 9.17) is 12.2 Å². The summed E-state index contributed by atoms with van der Waals surface area (Å²) in [7, 11) is 1.80. The molecule has 0 N–H and O–H groups in total. The molecule has 0 atom stereocenters. The Morgan fingerprint density at radius 2 is 1.83 bits per heavy atom. The van der Waals surface area contributed by atoms with Crippen molar-refractivity contribution < 1.29 is 8.78 Å². The Bertz CT molecular complexity index is 891. The van der Waals surface area contributed by atoms with Crippen LogP contribution >= 0.6 is 12.2 Å². The van der Waals surface area contributed by atoms with Crippen LogP contribution in [0, 0.1) is 16.4 Å². The molecule has 1 aromatic heterocycles. The number of rotatable bonds is 5. The molecule has 0 spiro atoms. The highest BCUT2D eigenvalue weighted by molar-refractivity contribution is 7.71. The van der Waals surface area contributed by atoms with Gasteiger partial charge in [-0.05, 0) is 47.9 Å². The number of tetrazole rings is 1. The summed E-state index contributed by atoms with van der Waals surface area (Å²) in [6.45, 7) is 0.633. The summed E-state index contributed by atoms with van der Waals surface area (Å²) < 4.78 is 30.2. The van der Waals surface area contributed by atoms with E-state index in [-0.39, 0.29) is 0 Å². The molecule has 1 heterocycles. The van der Waals surface area contributed by atoms with E-state index >= 15 is 0 Å². The van der Waals surface area contributed by atoms with E-state index in [1.165, 1.54) is 12.1 Å². The lowest BCUT2D eigenvalue weighted by Crippen LogP contribution is -2.23. The fourth-order valence-corrected chi connectivity index (χ4v) is 2.55. The maximum atomic E-state index is 13.7. The molecule has 0 saturated carbocycles. The lowest BCUT2D eigenvalue weighted by molar-refractivity contribution is 0.239. The van der Waals surface area contributed by atoms with Gasteiger partial charge in [0.15, 0.2) is 0 Å². The third kappa shape index (κ3) is 3.55. The average molecular weight is 347 g/mol. The molecule has 0 fully saturated rings. The average Bonchev–Trinajstić information content (AvgIpc) is 2.92. The zero-order chi connectivity index (χ0) is 17.1. The van der Waals surface area contributed by atoms with Crippen LogP contribution in [-0.2, 0) is 13.2 Å². The number of hydrogen-bond acceptors (Lipinski definition) is 4. The third-order valence-corrected chi connectivity index (χ3v) is 3.85. The summed E-state index contributed by atoms with van der Waals surface area (Å²) in [5, 5.41) is 8.09. The highest BCUT2D eigenvalue weighted by atomic mass is 32.1. The van der Waals surface area contributed by atoms with Crippen molar-refractivity contribution in [1.29, 1.82) is 0 Å². The fourth-order valence-electron chi connectivity index (χ4n) is 2.31. The van der Waals surface area contributed by atoms with Crippen molar-refractivity contribution in [3.8, 4) is 5.69 Å². The fraction of sp³-hybridized carbons (Fsp3) is 0.188. The van der Waals surface area contributed by atoms with Gasteiger partial charge >= 0.3 is 0 Å². The van der Waals surface area contributed by atoms with Gasteiger partial charge in [-0.2, -0.15) is 4.68 Å². The number of aromatic nitrogens is 4. The van der Waals surface area contributed by atoms with Crippen molar-refractivity contribution >= 4 is 12.2 Å². The Hall–Kier alpha value is -2.45. The number of nitrogens with zero attached hydrogens (tertiary/aromatic N) is 5. The first-order valence-corrected chi connectivity index (χ1v) is 7.66. The van der Waals surface area contributed by atoms with Gasteiger partial charge in [0.05, 0.1) is 12.4 Å². The summed E-state index contributed by atoms with van der Waals surface area (Å²) in [6, 6.07) is 13.0. The smallest absolute Gasteiger partial charge is 0.221 e. The van der Waals surface area contributed by atoms with E-state index in [1.54, 1.807) is 16.4 Å². The SMILES string of the molecule is CN(Cc1ccc(F)cc1F)Cn1nnn(-c2ccccc2)c1=S. The van der Waals surface area contributed by atoms with Crippen molar-refractivity contribution in [3.05, 3.63) is 70.5 Å². The lowest BCUT2D eigenvalue weighted by atomic mass is 10.2. The van der Waals surface area contributed by atoms with Gasteiger partial charge in [-0.25, -0.2) is 13.5 Å². The molecule has 3 rings (SSSR count). The van der Waals surface area contributed by atoms with Crippen LogP contribution in [0.25, 0.3) is 5.69 Å². The van der Waals surface area contributed by atoms with Gasteiger partial charge in [0, 0.05) is 18.2 Å². The minimum atomic E-state index is -0.591. The summed E-state index contributed by atoms with van der Waals surface area (Å²) in [6.07, 6.45) is 0. The van der Waals surface area contributed by atoms with E-state index < -0.39 is 11.6 Å². The molecule has 0 amide bonds. The van der Waals surface area contributed by atoms with E-state index in [9.17, 15) is 8.78 Å². The molecule has 2 aromatic carbocycles. The first-order chi connectivity index (χ1) is 11.5. The second-order valence-electron chi connectivity index (χ2n) is 5.40. The van der Waals surface area contributed by atoms with Crippen LogP contribution in [0.5, 0.6) is 0 Å². The van der Waals surface area contributed by atoms with Crippen LogP contribution in [0.1, 0.15) is 5.56 Å². The molecular weight excluding hydrogens is 332 g/mol. The van der Waals surface area contributed by atoms with Gasteiger partial charge in [-0.3, -0.25) is 4.90 Å². The van der Waals surface area contributed by atoms with E-state index in [0.717, 1.165) is 11.8 Å². The highest BCUT2D eigenvalue weighted by Crippen LogP contribution is 2.12. The standard InChI is InChI=1S/C16H15F2N5S/c1-21(10-12-7-8-13(17)9-15(12)18)11-22-16(24)23(20-19-22)14-5-3-2-4-6-14/h2-9H,10-11H2,1H3. The first kappa shape index (κ1) is 16.4. The van der Waals surface area contributed by atoms with Gasteiger partial charge < -0.3 is 0 Å². The second-order valence-corrected chi connectivity index (χ2v) is 5.76. The summed E-state index contributed by atoms with van der Waals surface area (Å²) in [4.78, 5) is 1.82. The maximum absolute atomic E-state index is 13.7. The normalized spacial score (nSPS) is 11.2. The second kappa shape index (κ2) is 6.98. The van der Waals surface area contributed by atoms with Crippen molar-refractivity contribution in [3.63, 3.8) is 0 Å². The van der Waals surface area contributed by atoms with Crippen molar-refractivity contribution in [1.82, 2.24) is 24.7 Å². The molecule has 0 radical (unpaired) electrons. The van der Waals surface area contributed by atoms with Gasteiger partial charge in [-0.1, -0.05) is 24.3 Å². The molecular formula is C16H15F2N5S. The van der Waals surface area contributed by atoms with Crippen LogP contribution < -0.4 is 0 Å². The monoisotopic (exact) mass is 347 g/mol. The molecule has 0 aliphatic rings. The Labute approximate surface area is 142 Å². The zero-order valence-corrected chi connectivity index (χ0v) is 13.7. The molecule has 5 nitrogen and oxygen atoms in total. The summed E-state index contributed by atoms with van der Waals surface area (Å²) in [5.74, 6) is -1.16. The van der Waals surface area contributed by atoms with Crippen LogP contribution in [0.4, 0.5) is 8.78 Å².